The van der Waals surface area contributed by atoms with E-state index in [2.05, 4.69) is 0 Å². The lowest BCUT2D eigenvalue weighted by molar-refractivity contribution is -0.155. The molecule has 2 N–H and O–H groups in total. The normalized spacial score (nSPS) is 29.2. The number of carboxylic acids is 2. The number of allylic oxidation sites excluding steroid dienone is 1. The molecule has 2 heterocycles. The number of carboxylic acid groups (broad SMARTS) is 2. The second-order valence-corrected chi connectivity index (χ2v) is 11.3. The number of ether oxygens (including phenoxy) is 1. The van der Waals surface area contributed by atoms with Gasteiger partial charge in [0.2, 0.25) is 23.6 Å². The number of imide groups is 2. The van der Waals surface area contributed by atoms with Crippen molar-refractivity contribution in [1.29, 1.82) is 0 Å². The molecule has 220 valence electrons. The summed E-state index contributed by atoms with van der Waals surface area (Å²) in [6.07, 6.45) is 0. The number of aromatic carboxylic acids is 2. The summed E-state index contributed by atoms with van der Waals surface area (Å²) in [4.78, 5) is 94.5. The van der Waals surface area contributed by atoms with E-state index < -0.39 is 76.5 Å². The summed E-state index contributed by atoms with van der Waals surface area (Å²) in [6.45, 7) is 4.80. The van der Waals surface area contributed by atoms with Crippen LogP contribution in [0, 0.1) is 35.0 Å². The summed E-state index contributed by atoms with van der Waals surface area (Å²) in [7, 11) is 0. The second-order valence-electron chi connectivity index (χ2n) is 11.3. The maximum absolute atomic E-state index is 14.2. The van der Waals surface area contributed by atoms with Crippen LogP contribution < -0.4 is 9.80 Å². The molecule has 2 saturated heterocycles. The highest BCUT2D eigenvalue weighted by molar-refractivity contribution is 6.27. The number of nitrogens with zero attached hydrogens (tertiary/aromatic N) is 2. The number of benzene rings is 2. The Labute approximate surface area is 244 Å². The molecule has 1 saturated carbocycles. The third-order valence-electron chi connectivity index (χ3n) is 9.43. The summed E-state index contributed by atoms with van der Waals surface area (Å²) >= 11 is 0. The van der Waals surface area contributed by atoms with Gasteiger partial charge in [-0.2, -0.15) is 0 Å². The molecule has 2 aromatic carbocycles. The van der Waals surface area contributed by atoms with Crippen molar-refractivity contribution < 1.29 is 48.5 Å². The summed E-state index contributed by atoms with van der Waals surface area (Å²) in [5.74, 6) is -11.1. The second kappa shape index (κ2) is 9.45. The molecule has 4 amide bonds. The van der Waals surface area contributed by atoms with Gasteiger partial charge in [-0.05, 0) is 62.4 Å². The molecule has 0 unspecified atom stereocenters. The van der Waals surface area contributed by atoms with E-state index in [-0.39, 0.29) is 34.7 Å². The average molecular weight is 587 g/mol. The van der Waals surface area contributed by atoms with Crippen molar-refractivity contribution in [2.45, 2.75) is 20.8 Å². The standard InChI is InChI=1S/C31H26N2O10/c1-4-43-30(42)21-13(2)18-19-22(26(36)32(24(19)34)16-9-5-14(6-10-16)28(38)39)31(21,3)23-20(18)25(35)33(27(23)37)17-11-7-15(8-12-17)29(40)41/h5-12,18-20,22-23H,4H2,1-3H3,(H,38,39)(H,40,41)/t18?,19-,20-,22-,23-,31?/m1/s1. The van der Waals surface area contributed by atoms with Gasteiger partial charge in [-0.15, -0.1) is 0 Å². The fourth-order valence-electron chi connectivity index (χ4n) is 7.82. The van der Waals surface area contributed by atoms with Gasteiger partial charge in [0.05, 0.1) is 52.8 Å². The van der Waals surface area contributed by atoms with Crippen LogP contribution in [0.25, 0.3) is 0 Å². The topological polar surface area (TPSA) is 176 Å². The number of carbonyl (C=O) groups is 7. The van der Waals surface area contributed by atoms with Crippen molar-refractivity contribution in [2.24, 2.45) is 35.0 Å². The Morgan fingerprint density at radius 2 is 1.12 bits per heavy atom. The van der Waals surface area contributed by atoms with Crippen LogP contribution in [0.15, 0.2) is 59.7 Å². The van der Waals surface area contributed by atoms with Crippen LogP contribution in [0.5, 0.6) is 0 Å². The number of anilines is 2. The first-order valence-corrected chi connectivity index (χ1v) is 13.7. The van der Waals surface area contributed by atoms with Gasteiger partial charge in [-0.3, -0.25) is 29.0 Å². The molecule has 5 aliphatic rings. The molecule has 4 atom stereocenters. The largest absolute Gasteiger partial charge is 0.478 e. The van der Waals surface area contributed by atoms with Gasteiger partial charge in [0.1, 0.15) is 0 Å². The fraction of sp³-hybridized carbons (Fsp3) is 0.323. The van der Waals surface area contributed by atoms with E-state index in [0.717, 1.165) is 9.80 Å². The highest BCUT2D eigenvalue weighted by atomic mass is 16.5. The smallest absolute Gasteiger partial charge is 0.335 e. The molecule has 2 aromatic rings. The first-order valence-electron chi connectivity index (χ1n) is 13.7. The lowest BCUT2D eigenvalue weighted by Gasteiger charge is -2.55. The molecule has 12 heteroatoms. The molecule has 0 spiro atoms. The van der Waals surface area contributed by atoms with Crippen LogP contribution in [0.3, 0.4) is 0 Å². The molecule has 7 rings (SSSR count). The Kier molecular flexibility index (Phi) is 6.15. The molecule has 2 aliphatic heterocycles. The fourth-order valence-corrected chi connectivity index (χ4v) is 7.82. The van der Waals surface area contributed by atoms with Crippen LogP contribution in [0.2, 0.25) is 0 Å². The summed E-state index contributed by atoms with van der Waals surface area (Å²) in [6, 6.07) is 10.4. The van der Waals surface area contributed by atoms with Crippen molar-refractivity contribution >= 4 is 52.9 Å². The number of esters is 1. The van der Waals surface area contributed by atoms with Gasteiger partial charge >= 0.3 is 17.9 Å². The minimum atomic E-state index is -1.61. The highest BCUT2D eigenvalue weighted by Crippen LogP contribution is 2.68. The number of hydrogen-bond donors (Lipinski definition) is 2. The predicted octanol–water partition coefficient (Wildman–Crippen LogP) is 2.52. The molecule has 43 heavy (non-hydrogen) atoms. The number of rotatable bonds is 6. The van der Waals surface area contributed by atoms with Crippen LogP contribution >= 0.6 is 0 Å². The molecule has 0 aromatic heterocycles. The molecule has 0 radical (unpaired) electrons. The van der Waals surface area contributed by atoms with Gasteiger partial charge in [0.15, 0.2) is 0 Å². The van der Waals surface area contributed by atoms with Gasteiger partial charge in [0, 0.05) is 16.9 Å². The Bertz CT molecular complexity index is 1590. The molecule has 3 fully saturated rings. The molecule has 12 nitrogen and oxygen atoms in total. The van der Waals surface area contributed by atoms with E-state index in [4.69, 9.17) is 4.74 Å². The first kappa shape index (κ1) is 28.0. The maximum atomic E-state index is 14.2. The Balaban J connectivity index is 1.49. The minimum absolute atomic E-state index is 0.0163. The zero-order valence-electron chi connectivity index (χ0n) is 23.3. The van der Waals surface area contributed by atoms with Crippen LogP contribution in [0.1, 0.15) is 41.5 Å². The lowest BCUT2D eigenvalue weighted by Crippen LogP contribution is -2.61. The van der Waals surface area contributed by atoms with Crippen molar-refractivity contribution in [1.82, 2.24) is 0 Å². The SMILES string of the molecule is CCOC(=O)C1=C(C)C2[C@H]3C(=O)N(c4ccc(C(=O)O)cc4)C(=O)[C@@H]3C1(C)[C@H]1C(=O)N(c3ccc(C(=O)O)cc3)C(=O)[C@H]21. The maximum Gasteiger partial charge on any atom is 0.335 e. The van der Waals surface area contributed by atoms with Gasteiger partial charge in [-0.1, -0.05) is 12.5 Å². The van der Waals surface area contributed by atoms with Gasteiger partial charge in [0.25, 0.3) is 0 Å². The minimum Gasteiger partial charge on any atom is -0.478 e. The molecular formula is C31H26N2O10. The van der Waals surface area contributed by atoms with Crippen molar-refractivity contribution in [3.63, 3.8) is 0 Å². The summed E-state index contributed by atoms with van der Waals surface area (Å²) in [5, 5.41) is 18.5. The van der Waals surface area contributed by atoms with Gasteiger partial charge in [-0.25, -0.2) is 14.4 Å². The Hall–Kier alpha value is -5.13. The van der Waals surface area contributed by atoms with E-state index in [1.807, 2.05) is 0 Å². The Morgan fingerprint density at radius 3 is 1.47 bits per heavy atom. The zero-order valence-corrected chi connectivity index (χ0v) is 23.3. The summed E-state index contributed by atoms with van der Waals surface area (Å²) < 4.78 is 5.36. The van der Waals surface area contributed by atoms with Crippen molar-refractivity contribution in [3.8, 4) is 0 Å². The van der Waals surface area contributed by atoms with Gasteiger partial charge < -0.3 is 14.9 Å². The number of carbonyl (C=O) groups excluding carboxylic acids is 5. The van der Waals surface area contributed by atoms with E-state index in [1.165, 1.54) is 48.5 Å². The van der Waals surface area contributed by atoms with Crippen LogP contribution in [-0.4, -0.2) is 58.4 Å². The molecule has 2 bridgehead atoms. The highest BCUT2D eigenvalue weighted by Gasteiger charge is 2.77. The third-order valence-corrected chi connectivity index (χ3v) is 9.43. The van der Waals surface area contributed by atoms with E-state index >= 15 is 0 Å². The van der Waals surface area contributed by atoms with Crippen molar-refractivity contribution in [3.05, 3.63) is 70.8 Å². The monoisotopic (exact) mass is 586 g/mol. The lowest BCUT2D eigenvalue weighted by atomic mass is 9.43. The molecular weight excluding hydrogens is 560 g/mol. The van der Waals surface area contributed by atoms with E-state index in [9.17, 15) is 43.8 Å². The van der Waals surface area contributed by atoms with Crippen LogP contribution in [-0.2, 0) is 28.7 Å². The predicted molar refractivity (Wildman–Crippen MR) is 147 cm³/mol. The van der Waals surface area contributed by atoms with Crippen LogP contribution in [0.4, 0.5) is 11.4 Å². The zero-order chi connectivity index (χ0) is 31.1. The number of amides is 4. The quantitative estimate of drug-likeness (QED) is 0.378. The molecule has 3 aliphatic carbocycles. The number of hydrogen-bond acceptors (Lipinski definition) is 8. The summed E-state index contributed by atoms with van der Waals surface area (Å²) in [5.41, 5.74) is -0.933. The average Bonchev–Trinajstić information content (AvgIpc) is 3.39. The van der Waals surface area contributed by atoms with Crippen molar-refractivity contribution in [2.75, 3.05) is 16.4 Å². The third kappa shape index (κ3) is 3.58. The van der Waals surface area contributed by atoms with E-state index in [0.29, 0.717) is 5.57 Å². The Morgan fingerprint density at radius 1 is 0.721 bits per heavy atom. The van der Waals surface area contributed by atoms with E-state index in [1.54, 1.807) is 20.8 Å². The first-order chi connectivity index (χ1) is 20.4.